The number of hydrogen-bond acceptors (Lipinski definition) is 3. The maximum Gasteiger partial charge on any atom is 0.228 e. The molecule has 1 atom stereocenters. The zero-order valence-electron chi connectivity index (χ0n) is 11.0. The maximum absolute atomic E-state index is 12.3. The summed E-state index contributed by atoms with van der Waals surface area (Å²) in [4.78, 5) is 14.1. The third-order valence-corrected chi connectivity index (χ3v) is 3.84. The van der Waals surface area contributed by atoms with Crippen LogP contribution in [-0.4, -0.2) is 47.2 Å². The third kappa shape index (κ3) is 2.33. The Bertz CT molecular complexity index is 586. The van der Waals surface area contributed by atoms with Gasteiger partial charge in [-0.25, -0.2) is 0 Å². The molecule has 1 aliphatic rings. The van der Waals surface area contributed by atoms with Gasteiger partial charge in [-0.15, -0.1) is 0 Å². The number of hydrogen-bond donors (Lipinski definition) is 2. The van der Waals surface area contributed by atoms with Crippen LogP contribution in [0.2, 0.25) is 0 Å². The molecule has 1 unspecified atom stereocenters. The Morgan fingerprint density at radius 1 is 1.47 bits per heavy atom. The normalized spacial score (nSPS) is 18.9. The number of amides is 1. The van der Waals surface area contributed by atoms with Gasteiger partial charge in [0.1, 0.15) is 0 Å². The largest absolute Gasteiger partial charge is 0.341 e. The number of nitrogens with one attached hydrogen (secondary N) is 2. The molecule has 1 saturated heterocycles. The number of carbonyl (C=O) groups excluding carboxylic acids is 1. The second-order valence-electron chi connectivity index (χ2n) is 5.05. The van der Waals surface area contributed by atoms with Crippen molar-refractivity contribution in [1.82, 2.24) is 20.4 Å². The molecule has 5 nitrogen and oxygen atoms in total. The van der Waals surface area contributed by atoms with Gasteiger partial charge in [-0.2, -0.15) is 5.10 Å². The molecule has 2 N–H and O–H groups in total. The first kappa shape index (κ1) is 12.2. The Kier molecular flexibility index (Phi) is 3.21. The lowest BCUT2D eigenvalue weighted by atomic mass is 10.1. The average molecular weight is 258 g/mol. The fraction of sp³-hybridized carbons (Fsp3) is 0.429. The average Bonchev–Trinajstić information content (AvgIpc) is 3.08. The van der Waals surface area contributed by atoms with Crippen molar-refractivity contribution in [3.63, 3.8) is 0 Å². The molecule has 0 bridgehead atoms. The van der Waals surface area contributed by atoms with Crippen LogP contribution in [0.25, 0.3) is 10.9 Å². The molecule has 1 aliphatic heterocycles. The van der Waals surface area contributed by atoms with E-state index in [2.05, 4.69) is 15.5 Å². The summed E-state index contributed by atoms with van der Waals surface area (Å²) in [5, 5.41) is 11.5. The highest BCUT2D eigenvalue weighted by Crippen LogP contribution is 2.17. The molecule has 1 aromatic carbocycles. The van der Waals surface area contributed by atoms with Gasteiger partial charge in [0.2, 0.25) is 5.91 Å². The van der Waals surface area contributed by atoms with E-state index in [1.807, 2.05) is 36.2 Å². The van der Waals surface area contributed by atoms with Crippen LogP contribution in [0.4, 0.5) is 0 Å². The number of likely N-dealkylation sites (N-methyl/N-ethyl adjacent to an activating group) is 1. The number of aromatic amines is 1. The highest BCUT2D eigenvalue weighted by atomic mass is 16.2. The summed E-state index contributed by atoms with van der Waals surface area (Å²) in [6.45, 7) is 1.89. The fourth-order valence-electron chi connectivity index (χ4n) is 2.60. The summed E-state index contributed by atoms with van der Waals surface area (Å²) in [7, 11) is 1.89. The molecule has 1 amide bonds. The zero-order chi connectivity index (χ0) is 13.2. The van der Waals surface area contributed by atoms with Crippen molar-refractivity contribution in [3.05, 3.63) is 30.0 Å². The number of rotatable bonds is 3. The van der Waals surface area contributed by atoms with Crippen molar-refractivity contribution in [2.45, 2.75) is 18.9 Å². The van der Waals surface area contributed by atoms with E-state index in [1.54, 1.807) is 0 Å². The quantitative estimate of drug-likeness (QED) is 0.861. The van der Waals surface area contributed by atoms with E-state index >= 15 is 0 Å². The van der Waals surface area contributed by atoms with E-state index in [0.29, 0.717) is 12.5 Å². The Morgan fingerprint density at radius 2 is 2.32 bits per heavy atom. The molecular weight excluding hydrogens is 240 g/mol. The van der Waals surface area contributed by atoms with Crippen LogP contribution in [0.5, 0.6) is 0 Å². The van der Waals surface area contributed by atoms with Crippen molar-refractivity contribution in [2.24, 2.45) is 0 Å². The van der Waals surface area contributed by atoms with Gasteiger partial charge in [-0.05, 0) is 19.0 Å². The smallest absolute Gasteiger partial charge is 0.228 e. The molecule has 0 radical (unpaired) electrons. The number of para-hydroxylation sites is 1. The fourth-order valence-corrected chi connectivity index (χ4v) is 2.60. The maximum atomic E-state index is 12.3. The highest BCUT2D eigenvalue weighted by molar-refractivity contribution is 5.87. The first-order valence-corrected chi connectivity index (χ1v) is 6.64. The summed E-state index contributed by atoms with van der Waals surface area (Å²) in [6.07, 6.45) is 1.42. The minimum atomic E-state index is 0.142. The highest BCUT2D eigenvalue weighted by Gasteiger charge is 2.23. The molecule has 3 rings (SSSR count). The Hall–Kier alpha value is -1.88. The second-order valence-corrected chi connectivity index (χ2v) is 5.05. The minimum absolute atomic E-state index is 0.142. The van der Waals surface area contributed by atoms with Crippen molar-refractivity contribution in [1.29, 1.82) is 0 Å². The Balaban J connectivity index is 1.75. The lowest BCUT2D eigenvalue weighted by Gasteiger charge is -2.23. The van der Waals surface area contributed by atoms with E-state index in [1.165, 1.54) is 0 Å². The summed E-state index contributed by atoms with van der Waals surface area (Å²) >= 11 is 0. The molecule has 0 spiro atoms. The van der Waals surface area contributed by atoms with E-state index in [9.17, 15) is 4.79 Å². The van der Waals surface area contributed by atoms with E-state index < -0.39 is 0 Å². The van der Waals surface area contributed by atoms with Gasteiger partial charge >= 0.3 is 0 Å². The van der Waals surface area contributed by atoms with Crippen LogP contribution in [-0.2, 0) is 11.2 Å². The number of H-pyrrole nitrogens is 1. The van der Waals surface area contributed by atoms with E-state index in [4.69, 9.17) is 0 Å². The lowest BCUT2D eigenvalue weighted by molar-refractivity contribution is -0.130. The van der Waals surface area contributed by atoms with E-state index in [-0.39, 0.29) is 5.91 Å². The molecule has 5 heteroatoms. The molecule has 19 heavy (non-hydrogen) atoms. The number of aromatic nitrogens is 2. The SMILES string of the molecule is CN(C(=O)Cc1[nH]nc2ccccc12)C1CCNC1. The Morgan fingerprint density at radius 3 is 3.11 bits per heavy atom. The molecule has 1 aromatic heterocycles. The summed E-state index contributed by atoms with van der Waals surface area (Å²) in [6, 6.07) is 8.19. The van der Waals surface area contributed by atoms with Gasteiger partial charge in [-0.3, -0.25) is 9.89 Å². The number of carbonyl (C=O) groups is 1. The molecule has 2 aromatic rings. The summed E-state index contributed by atoms with van der Waals surface area (Å²) < 4.78 is 0. The topological polar surface area (TPSA) is 61.0 Å². The molecule has 1 fully saturated rings. The third-order valence-electron chi connectivity index (χ3n) is 3.84. The van der Waals surface area contributed by atoms with Crippen molar-refractivity contribution < 1.29 is 4.79 Å². The summed E-state index contributed by atoms with van der Waals surface area (Å²) in [5.74, 6) is 0.142. The van der Waals surface area contributed by atoms with Gasteiger partial charge in [0, 0.05) is 25.0 Å². The van der Waals surface area contributed by atoms with Gasteiger partial charge in [0.25, 0.3) is 0 Å². The first-order valence-electron chi connectivity index (χ1n) is 6.64. The summed E-state index contributed by atoms with van der Waals surface area (Å²) in [5.41, 5.74) is 1.81. The first-order chi connectivity index (χ1) is 9.25. The molecule has 100 valence electrons. The van der Waals surface area contributed by atoms with Gasteiger partial charge in [0.15, 0.2) is 0 Å². The van der Waals surface area contributed by atoms with E-state index in [0.717, 1.165) is 36.1 Å². The minimum Gasteiger partial charge on any atom is -0.341 e. The van der Waals surface area contributed by atoms with Crippen LogP contribution >= 0.6 is 0 Å². The van der Waals surface area contributed by atoms with Gasteiger partial charge in [0.05, 0.1) is 17.6 Å². The molecular formula is C14H18N4O. The van der Waals surface area contributed by atoms with Gasteiger partial charge in [-0.1, -0.05) is 18.2 Å². The Labute approximate surface area is 112 Å². The predicted molar refractivity (Wildman–Crippen MR) is 73.8 cm³/mol. The van der Waals surface area contributed by atoms with Crippen molar-refractivity contribution >= 4 is 16.8 Å². The zero-order valence-corrected chi connectivity index (χ0v) is 11.0. The van der Waals surface area contributed by atoms with Gasteiger partial charge < -0.3 is 10.2 Å². The number of benzene rings is 1. The monoisotopic (exact) mass is 258 g/mol. The van der Waals surface area contributed by atoms with Crippen LogP contribution in [0.15, 0.2) is 24.3 Å². The van der Waals surface area contributed by atoms with Crippen LogP contribution in [0.3, 0.4) is 0 Å². The van der Waals surface area contributed by atoms with Crippen molar-refractivity contribution in [3.8, 4) is 0 Å². The standard InChI is InChI=1S/C14H18N4O/c1-18(10-6-7-15-9-10)14(19)8-13-11-4-2-3-5-12(11)16-17-13/h2-5,10,15H,6-9H2,1H3,(H,16,17). The van der Waals surface area contributed by atoms with Crippen LogP contribution < -0.4 is 5.32 Å². The molecule has 2 heterocycles. The second kappa shape index (κ2) is 5.01. The van der Waals surface area contributed by atoms with Crippen molar-refractivity contribution in [2.75, 3.05) is 20.1 Å². The predicted octanol–water partition coefficient (Wildman–Crippen LogP) is 0.926. The number of fused-ring (bicyclic) bond motifs is 1. The van der Waals surface area contributed by atoms with Crippen LogP contribution in [0, 0.1) is 0 Å². The van der Waals surface area contributed by atoms with Crippen LogP contribution in [0.1, 0.15) is 12.1 Å². The lowest BCUT2D eigenvalue weighted by Crippen LogP contribution is -2.39. The molecule has 0 saturated carbocycles. The molecule has 0 aliphatic carbocycles. The number of nitrogens with zero attached hydrogens (tertiary/aromatic N) is 2.